The predicted octanol–water partition coefficient (Wildman–Crippen LogP) is 16.3. The van der Waals surface area contributed by atoms with E-state index in [0.717, 1.165) is 38.5 Å². The van der Waals surface area contributed by atoms with Crippen LogP contribution in [0.2, 0.25) is 0 Å². The van der Waals surface area contributed by atoms with E-state index in [9.17, 15) is 24.3 Å². The highest BCUT2D eigenvalue weighted by atomic mass is 31.2. The van der Waals surface area contributed by atoms with E-state index in [2.05, 4.69) is 23.7 Å². The summed E-state index contributed by atoms with van der Waals surface area (Å²) in [4.78, 5) is 31.0. The minimum Gasteiger partial charge on any atom is -0.387 e. The van der Waals surface area contributed by atoms with Crippen LogP contribution in [0.5, 0.6) is 0 Å². The SMILES string of the molecule is CCCCCCCCCCCCCC/C=C/[C@@H](O)[C@H](COP(=O)(O)O)NC(=O)CCCCCCCCCCCCCCCCCCCCCCCCCCCCCCC. The molecule has 0 bridgehead atoms. The number of carbonyl (C=O) groups is 1. The van der Waals surface area contributed by atoms with Crippen LogP contribution in [0.4, 0.5) is 0 Å². The molecule has 0 fully saturated rings. The predicted molar refractivity (Wildman–Crippen MR) is 255 cm³/mol. The molecular weight excluding hydrogens is 754 g/mol. The molecule has 4 N–H and O–H groups in total. The Kier molecular flexibility index (Phi) is 46.2. The van der Waals surface area contributed by atoms with Gasteiger partial charge in [0.1, 0.15) is 0 Å². The number of hydrogen-bond donors (Lipinski definition) is 4. The fraction of sp³-hybridized carbons (Fsp3) is 0.941. The van der Waals surface area contributed by atoms with Crippen molar-refractivity contribution in [2.24, 2.45) is 0 Å². The van der Waals surface area contributed by atoms with E-state index in [1.54, 1.807) is 6.08 Å². The molecule has 7 nitrogen and oxygen atoms in total. The van der Waals surface area contributed by atoms with Crippen molar-refractivity contribution < 1.29 is 28.8 Å². The third kappa shape index (κ3) is 48.2. The van der Waals surface area contributed by atoms with Gasteiger partial charge in [-0.3, -0.25) is 9.32 Å². The summed E-state index contributed by atoms with van der Waals surface area (Å²) in [6, 6.07) is -0.906. The van der Waals surface area contributed by atoms with Crippen LogP contribution in [0.15, 0.2) is 12.2 Å². The summed E-state index contributed by atoms with van der Waals surface area (Å²) in [5.41, 5.74) is 0. The van der Waals surface area contributed by atoms with Gasteiger partial charge in [0.05, 0.1) is 18.8 Å². The molecule has 0 radical (unpaired) electrons. The molecule has 1 amide bonds. The highest BCUT2D eigenvalue weighted by molar-refractivity contribution is 7.46. The molecule has 2 atom stereocenters. The first-order chi connectivity index (χ1) is 28.8. The van der Waals surface area contributed by atoms with Crippen LogP contribution in [-0.4, -0.2) is 39.6 Å². The number of hydrogen-bond acceptors (Lipinski definition) is 4. The molecule has 0 aromatic rings. The van der Waals surface area contributed by atoms with E-state index in [4.69, 9.17) is 0 Å². The van der Waals surface area contributed by atoms with E-state index in [1.165, 1.54) is 231 Å². The molecule has 0 aliphatic carbocycles. The van der Waals surface area contributed by atoms with Crippen molar-refractivity contribution in [2.45, 2.75) is 302 Å². The first kappa shape index (κ1) is 58.3. The van der Waals surface area contributed by atoms with E-state index in [1.807, 2.05) is 6.08 Å². The zero-order chi connectivity index (χ0) is 43.2. The Morgan fingerprint density at radius 2 is 0.746 bits per heavy atom. The topological polar surface area (TPSA) is 116 Å². The smallest absolute Gasteiger partial charge is 0.387 e. The number of unbranched alkanes of at least 4 members (excludes halogenated alkanes) is 40. The second-order valence-electron chi connectivity index (χ2n) is 18.2. The maximum Gasteiger partial charge on any atom is 0.469 e. The van der Waals surface area contributed by atoms with Gasteiger partial charge in [0, 0.05) is 6.42 Å². The molecule has 0 saturated carbocycles. The number of rotatable bonds is 49. The summed E-state index contributed by atoms with van der Waals surface area (Å²) in [5.74, 6) is -0.220. The summed E-state index contributed by atoms with van der Waals surface area (Å²) in [5, 5.41) is 13.4. The molecule has 0 saturated heterocycles. The van der Waals surface area contributed by atoms with E-state index in [0.29, 0.717) is 6.42 Å². The van der Waals surface area contributed by atoms with Crippen molar-refractivity contribution in [2.75, 3.05) is 6.61 Å². The molecular formula is C51H102NO6P. The molecule has 0 aliphatic heterocycles. The van der Waals surface area contributed by atoms with Crippen LogP contribution < -0.4 is 5.32 Å². The summed E-state index contributed by atoms with van der Waals surface area (Å²) in [6.07, 6.45) is 58.4. The molecule has 0 rings (SSSR count). The van der Waals surface area contributed by atoms with Crippen LogP contribution >= 0.6 is 7.82 Å². The van der Waals surface area contributed by atoms with Crippen molar-refractivity contribution in [1.29, 1.82) is 0 Å². The lowest BCUT2D eigenvalue weighted by Gasteiger charge is -2.22. The first-order valence-corrected chi connectivity index (χ1v) is 27.7. The maximum absolute atomic E-state index is 12.6. The number of amides is 1. The second kappa shape index (κ2) is 46.8. The summed E-state index contributed by atoms with van der Waals surface area (Å²) >= 11 is 0. The van der Waals surface area contributed by atoms with Gasteiger partial charge < -0.3 is 20.2 Å². The third-order valence-corrected chi connectivity index (χ3v) is 12.7. The fourth-order valence-electron chi connectivity index (χ4n) is 8.29. The lowest BCUT2D eigenvalue weighted by molar-refractivity contribution is -0.123. The minimum atomic E-state index is -4.71. The summed E-state index contributed by atoms with van der Waals surface area (Å²) < 4.78 is 16.0. The van der Waals surface area contributed by atoms with E-state index < -0.39 is 26.6 Å². The normalized spacial score (nSPS) is 13.1. The van der Waals surface area contributed by atoms with Gasteiger partial charge in [-0.2, -0.15) is 0 Å². The van der Waals surface area contributed by atoms with Crippen molar-refractivity contribution in [3.8, 4) is 0 Å². The standard InChI is InChI=1S/C51H102NO6P/c1-3-5-7-9-11-13-15-17-19-20-21-22-23-24-25-26-27-28-29-30-31-32-33-35-37-39-41-43-45-47-51(54)52-49(48-58-59(55,56)57)50(53)46-44-42-40-38-36-34-18-16-14-12-10-8-6-4-2/h44,46,49-50,53H,3-43,45,47-48H2,1-2H3,(H,52,54)(H2,55,56,57)/b46-44+/t49-,50+/m0/s1. The number of aliphatic hydroxyl groups excluding tert-OH is 1. The molecule has 0 aromatic carbocycles. The van der Waals surface area contributed by atoms with Crippen molar-refractivity contribution in [1.82, 2.24) is 5.32 Å². The monoisotopic (exact) mass is 856 g/mol. The van der Waals surface area contributed by atoms with E-state index in [-0.39, 0.29) is 5.91 Å². The average Bonchev–Trinajstić information content (AvgIpc) is 3.21. The van der Waals surface area contributed by atoms with Gasteiger partial charge in [-0.25, -0.2) is 4.57 Å². The van der Waals surface area contributed by atoms with Crippen LogP contribution in [0.3, 0.4) is 0 Å². The average molecular weight is 856 g/mol. The summed E-state index contributed by atoms with van der Waals surface area (Å²) in [6.45, 7) is 4.11. The Bertz CT molecular complexity index is 926. The van der Waals surface area contributed by atoms with Gasteiger partial charge in [0.25, 0.3) is 0 Å². The summed E-state index contributed by atoms with van der Waals surface area (Å²) in [7, 11) is -4.71. The molecule has 0 heterocycles. The van der Waals surface area contributed by atoms with Gasteiger partial charge in [-0.05, 0) is 19.3 Å². The Morgan fingerprint density at radius 3 is 1.03 bits per heavy atom. The number of carbonyl (C=O) groups excluding carboxylic acids is 1. The zero-order valence-corrected chi connectivity index (χ0v) is 40.3. The van der Waals surface area contributed by atoms with Gasteiger partial charge >= 0.3 is 7.82 Å². The molecule has 0 aliphatic rings. The van der Waals surface area contributed by atoms with Crippen LogP contribution in [0, 0.1) is 0 Å². The van der Waals surface area contributed by atoms with Crippen molar-refractivity contribution >= 4 is 13.7 Å². The van der Waals surface area contributed by atoms with E-state index >= 15 is 0 Å². The third-order valence-electron chi connectivity index (χ3n) is 12.2. The number of phosphoric acid groups is 1. The molecule has 59 heavy (non-hydrogen) atoms. The Labute approximate surface area is 367 Å². The van der Waals surface area contributed by atoms with Crippen molar-refractivity contribution in [3.63, 3.8) is 0 Å². The highest BCUT2D eigenvalue weighted by Gasteiger charge is 2.24. The number of nitrogens with one attached hydrogen (secondary N) is 1. The van der Waals surface area contributed by atoms with Crippen LogP contribution in [-0.2, 0) is 13.9 Å². The molecule has 0 unspecified atom stereocenters. The Morgan fingerprint density at radius 1 is 0.475 bits per heavy atom. The van der Waals surface area contributed by atoms with Crippen LogP contribution in [0.1, 0.15) is 290 Å². The van der Waals surface area contributed by atoms with Gasteiger partial charge in [-0.1, -0.05) is 276 Å². The molecule has 352 valence electrons. The fourth-order valence-corrected chi connectivity index (χ4v) is 8.64. The molecule has 0 aromatic heterocycles. The lowest BCUT2D eigenvalue weighted by Crippen LogP contribution is -2.45. The highest BCUT2D eigenvalue weighted by Crippen LogP contribution is 2.36. The first-order valence-electron chi connectivity index (χ1n) is 26.1. The Balaban J connectivity index is 3.70. The second-order valence-corrected chi connectivity index (χ2v) is 19.4. The Hall–Kier alpha value is -0.720. The molecule has 8 heteroatoms. The lowest BCUT2D eigenvalue weighted by atomic mass is 10.0. The van der Waals surface area contributed by atoms with Crippen LogP contribution in [0.25, 0.3) is 0 Å². The maximum atomic E-state index is 12.6. The van der Waals surface area contributed by atoms with Crippen molar-refractivity contribution in [3.05, 3.63) is 12.2 Å². The number of aliphatic hydroxyl groups is 1. The van der Waals surface area contributed by atoms with Gasteiger partial charge in [-0.15, -0.1) is 0 Å². The molecule has 0 spiro atoms. The quantitative estimate of drug-likeness (QED) is 0.0275. The minimum absolute atomic E-state index is 0.220. The number of allylic oxidation sites excluding steroid dienone is 1. The largest absolute Gasteiger partial charge is 0.469 e. The number of phosphoric ester groups is 1. The zero-order valence-electron chi connectivity index (χ0n) is 39.4. The van der Waals surface area contributed by atoms with Gasteiger partial charge in [0.2, 0.25) is 5.91 Å². The van der Waals surface area contributed by atoms with Gasteiger partial charge in [0.15, 0.2) is 0 Å².